The van der Waals surface area contributed by atoms with Crippen molar-refractivity contribution in [2.75, 3.05) is 6.61 Å². The van der Waals surface area contributed by atoms with E-state index >= 15 is 0 Å². The molecule has 0 aromatic heterocycles. The fraction of sp³-hybridized carbons (Fsp3) is 0.467. The first kappa shape index (κ1) is 16.1. The summed E-state index contributed by atoms with van der Waals surface area (Å²) in [6, 6.07) is 5.70. The molecule has 0 saturated heterocycles. The summed E-state index contributed by atoms with van der Waals surface area (Å²) in [5, 5.41) is 0. The van der Waals surface area contributed by atoms with Crippen LogP contribution in [0.5, 0.6) is 0 Å². The molecule has 0 aliphatic heterocycles. The second-order valence-electron chi connectivity index (χ2n) is 4.71. The summed E-state index contributed by atoms with van der Waals surface area (Å²) in [6.07, 6.45) is -1.02. The minimum absolute atomic E-state index is 0.0830. The molecule has 0 heterocycles. The van der Waals surface area contributed by atoms with Gasteiger partial charge in [-0.05, 0) is 24.6 Å². The Labute approximate surface area is 117 Å². The SMILES string of the molecule is CCOC(=O)[C@@H](OC(=O)Cc1cccc(F)c1)C(C)C. The van der Waals surface area contributed by atoms with Crippen molar-refractivity contribution < 1.29 is 23.5 Å². The van der Waals surface area contributed by atoms with Gasteiger partial charge in [-0.1, -0.05) is 26.0 Å². The molecule has 110 valence electrons. The van der Waals surface area contributed by atoms with Crippen LogP contribution in [0.2, 0.25) is 0 Å². The van der Waals surface area contributed by atoms with Crippen LogP contribution in [-0.2, 0) is 25.5 Å². The van der Waals surface area contributed by atoms with Crippen molar-refractivity contribution in [3.8, 4) is 0 Å². The average Bonchev–Trinajstić information content (AvgIpc) is 2.35. The van der Waals surface area contributed by atoms with Crippen molar-refractivity contribution in [3.05, 3.63) is 35.6 Å². The van der Waals surface area contributed by atoms with Crippen molar-refractivity contribution >= 4 is 11.9 Å². The van der Waals surface area contributed by atoms with Crippen molar-refractivity contribution in [2.45, 2.75) is 33.3 Å². The third-order valence-electron chi connectivity index (χ3n) is 2.62. The van der Waals surface area contributed by atoms with Crippen LogP contribution in [0, 0.1) is 11.7 Å². The molecule has 1 aromatic carbocycles. The van der Waals surface area contributed by atoms with E-state index in [-0.39, 0.29) is 18.9 Å². The monoisotopic (exact) mass is 282 g/mol. The van der Waals surface area contributed by atoms with E-state index in [1.807, 2.05) is 0 Å². The quantitative estimate of drug-likeness (QED) is 0.752. The van der Waals surface area contributed by atoms with E-state index in [1.165, 1.54) is 18.2 Å². The second kappa shape index (κ2) is 7.62. The van der Waals surface area contributed by atoms with Crippen molar-refractivity contribution in [2.24, 2.45) is 5.92 Å². The van der Waals surface area contributed by atoms with Gasteiger partial charge < -0.3 is 9.47 Å². The number of ether oxygens (including phenoxy) is 2. The number of carbonyl (C=O) groups is 2. The van der Waals surface area contributed by atoms with Gasteiger partial charge in [-0.2, -0.15) is 0 Å². The molecule has 4 nitrogen and oxygen atoms in total. The number of carbonyl (C=O) groups excluding carboxylic acids is 2. The van der Waals surface area contributed by atoms with Gasteiger partial charge in [-0.3, -0.25) is 4.79 Å². The number of rotatable bonds is 6. The first-order valence-corrected chi connectivity index (χ1v) is 6.54. The highest BCUT2D eigenvalue weighted by Crippen LogP contribution is 2.12. The van der Waals surface area contributed by atoms with Crippen LogP contribution in [0.25, 0.3) is 0 Å². The van der Waals surface area contributed by atoms with E-state index in [0.29, 0.717) is 5.56 Å². The first-order valence-electron chi connectivity index (χ1n) is 6.54. The Morgan fingerprint density at radius 1 is 1.30 bits per heavy atom. The van der Waals surface area contributed by atoms with Crippen LogP contribution in [0.4, 0.5) is 4.39 Å². The molecule has 0 bridgehead atoms. The molecule has 1 atom stereocenters. The van der Waals surface area contributed by atoms with Gasteiger partial charge in [0.25, 0.3) is 0 Å². The Bertz CT molecular complexity index is 471. The number of benzene rings is 1. The molecular formula is C15H19FO4. The molecule has 0 amide bonds. The zero-order valence-electron chi connectivity index (χ0n) is 11.9. The smallest absolute Gasteiger partial charge is 0.347 e. The Balaban J connectivity index is 2.65. The van der Waals surface area contributed by atoms with Gasteiger partial charge in [0.2, 0.25) is 6.10 Å². The lowest BCUT2D eigenvalue weighted by Gasteiger charge is -2.19. The van der Waals surface area contributed by atoms with Crippen LogP contribution >= 0.6 is 0 Å². The Morgan fingerprint density at radius 2 is 2.00 bits per heavy atom. The number of hydrogen-bond donors (Lipinski definition) is 0. The predicted octanol–water partition coefficient (Wildman–Crippen LogP) is 2.50. The van der Waals surface area contributed by atoms with Crippen LogP contribution in [0.1, 0.15) is 26.3 Å². The summed E-state index contributed by atoms with van der Waals surface area (Å²) in [5.41, 5.74) is 0.501. The maximum Gasteiger partial charge on any atom is 0.347 e. The molecule has 0 aliphatic rings. The minimum Gasteiger partial charge on any atom is -0.463 e. The summed E-state index contributed by atoms with van der Waals surface area (Å²) >= 11 is 0. The molecule has 1 rings (SSSR count). The van der Waals surface area contributed by atoms with E-state index in [2.05, 4.69) is 0 Å². The molecule has 5 heteroatoms. The van der Waals surface area contributed by atoms with E-state index < -0.39 is 23.9 Å². The molecule has 0 radical (unpaired) electrons. The van der Waals surface area contributed by atoms with Crippen molar-refractivity contribution in [1.82, 2.24) is 0 Å². The predicted molar refractivity (Wildman–Crippen MR) is 71.5 cm³/mol. The number of esters is 2. The lowest BCUT2D eigenvalue weighted by Crippen LogP contribution is -2.34. The largest absolute Gasteiger partial charge is 0.463 e. The highest BCUT2D eigenvalue weighted by Gasteiger charge is 2.27. The summed E-state index contributed by atoms with van der Waals surface area (Å²) in [6.45, 7) is 5.43. The van der Waals surface area contributed by atoms with E-state index in [0.717, 1.165) is 0 Å². The zero-order valence-corrected chi connectivity index (χ0v) is 11.9. The minimum atomic E-state index is -0.934. The highest BCUT2D eigenvalue weighted by molar-refractivity contribution is 5.80. The molecule has 0 N–H and O–H groups in total. The topological polar surface area (TPSA) is 52.6 Å². The standard InChI is InChI=1S/C15H19FO4/c1-4-19-15(18)14(10(2)3)20-13(17)9-11-6-5-7-12(16)8-11/h5-8,10,14H,4,9H2,1-3H3/t14-/m0/s1. The van der Waals surface area contributed by atoms with Gasteiger partial charge in [0.05, 0.1) is 13.0 Å². The molecule has 0 saturated carbocycles. The Kier molecular flexibility index (Phi) is 6.15. The van der Waals surface area contributed by atoms with Gasteiger partial charge in [0.15, 0.2) is 0 Å². The Hall–Kier alpha value is -1.91. The third-order valence-corrected chi connectivity index (χ3v) is 2.62. The average molecular weight is 282 g/mol. The molecular weight excluding hydrogens is 263 g/mol. The van der Waals surface area contributed by atoms with Gasteiger partial charge in [0, 0.05) is 5.92 Å². The number of halogens is 1. The van der Waals surface area contributed by atoms with E-state index in [1.54, 1.807) is 26.8 Å². The van der Waals surface area contributed by atoms with Crippen LogP contribution in [-0.4, -0.2) is 24.6 Å². The summed E-state index contributed by atoms with van der Waals surface area (Å²) in [7, 11) is 0. The van der Waals surface area contributed by atoms with Crippen molar-refractivity contribution in [3.63, 3.8) is 0 Å². The lowest BCUT2D eigenvalue weighted by molar-refractivity contribution is -0.170. The summed E-state index contributed by atoms with van der Waals surface area (Å²) in [5.74, 6) is -1.75. The molecule has 0 spiro atoms. The molecule has 0 unspecified atom stereocenters. The summed E-state index contributed by atoms with van der Waals surface area (Å²) < 4.78 is 23.0. The van der Waals surface area contributed by atoms with Crippen molar-refractivity contribution in [1.29, 1.82) is 0 Å². The van der Waals surface area contributed by atoms with Crippen LogP contribution in [0.15, 0.2) is 24.3 Å². The second-order valence-corrected chi connectivity index (χ2v) is 4.71. The molecule has 0 aliphatic carbocycles. The van der Waals surface area contributed by atoms with E-state index in [9.17, 15) is 14.0 Å². The lowest BCUT2D eigenvalue weighted by atomic mass is 10.1. The maximum absolute atomic E-state index is 13.0. The van der Waals surface area contributed by atoms with Crippen LogP contribution in [0.3, 0.4) is 0 Å². The van der Waals surface area contributed by atoms with Crippen LogP contribution < -0.4 is 0 Å². The molecule has 1 aromatic rings. The van der Waals surface area contributed by atoms with Gasteiger partial charge in [0.1, 0.15) is 5.82 Å². The van der Waals surface area contributed by atoms with E-state index in [4.69, 9.17) is 9.47 Å². The third kappa shape index (κ3) is 4.99. The highest BCUT2D eigenvalue weighted by atomic mass is 19.1. The fourth-order valence-corrected chi connectivity index (χ4v) is 1.68. The molecule has 0 fully saturated rings. The zero-order chi connectivity index (χ0) is 15.1. The number of hydrogen-bond acceptors (Lipinski definition) is 4. The van der Waals surface area contributed by atoms with Gasteiger partial charge in [-0.15, -0.1) is 0 Å². The normalized spacial score (nSPS) is 12.1. The molecule has 20 heavy (non-hydrogen) atoms. The maximum atomic E-state index is 13.0. The fourth-order valence-electron chi connectivity index (χ4n) is 1.68. The Morgan fingerprint density at radius 3 is 2.55 bits per heavy atom. The van der Waals surface area contributed by atoms with Gasteiger partial charge in [-0.25, -0.2) is 9.18 Å². The summed E-state index contributed by atoms with van der Waals surface area (Å²) in [4.78, 5) is 23.5. The first-order chi connectivity index (χ1) is 9.43. The van der Waals surface area contributed by atoms with Gasteiger partial charge >= 0.3 is 11.9 Å².